The van der Waals surface area contributed by atoms with Crippen molar-refractivity contribution >= 4 is 39.6 Å². The van der Waals surface area contributed by atoms with Crippen molar-refractivity contribution < 1.29 is 19.1 Å². The fourth-order valence-electron chi connectivity index (χ4n) is 5.06. The molecule has 1 N–H and O–H groups in total. The van der Waals surface area contributed by atoms with Crippen molar-refractivity contribution in [3.05, 3.63) is 78.1 Å². The van der Waals surface area contributed by atoms with E-state index in [0.717, 1.165) is 51.4 Å². The molecule has 5 rings (SSSR count). The highest BCUT2D eigenvalue weighted by Gasteiger charge is 2.31. The van der Waals surface area contributed by atoms with E-state index in [1.54, 1.807) is 0 Å². The molecule has 8 nitrogen and oxygen atoms in total. The SMILES string of the molecule is CC(C)N(c1ccccc1Oc1ccc2nc(COc3ccc(CC4SC(=O)NC4=O)cc3)n(C)c2c1)C(C)C. The van der Waals surface area contributed by atoms with E-state index in [-0.39, 0.29) is 16.4 Å². The lowest BCUT2D eigenvalue weighted by atomic mass is 10.1. The van der Waals surface area contributed by atoms with Gasteiger partial charge in [0.05, 0.1) is 22.0 Å². The minimum atomic E-state index is -0.383. The van der Waals surface area contributed by atoms with Crippen molar-refractivity contribution in [3.8, 4) is 17.2 Å². The summed E-state index contributed by atoms with van der Waals surface area (Å²) >= 11 is 1.04. The number of carbonyl (C=O) groups is 2. The number of aromatic nitrogens is 2. The molecule has 1 atom stereocenters. The maximum Gasteiger partial charge on any atom is 0.286 e. The summed E-state index contributed by atoms with van der Waals surface area (Å²) in [5.74, 6) is 2.82. The van der Waals surface area contributed by atoms with Gasteiger partial charge in [-0.1, -0.05) is 36.0 Å². The predicted octanol–water partition coefficient (Wildman–Crippen LogP) is 6.46. The Balaban J connectivity index is 1.28. The van der Waals surface area contributed by atoms with Crippen LogP contribution < -0.4 is 19.7 Å². The Morgan fingerprint density at radius 3 is 2.35 bits per heavy atom. The molecule has 0 aliphatic carbocycles. The number of anilines is 1. The van der Waals surface area contributed by atoms with Gasteiger partial charge in [-0.2, -0.15) is 0 Å². The molecule has 1 aliphatic heterocycles. The second-order valence-corrected chi connectivity index (χ2v) is 11.6. The summed E-state index contributed by atoms with van der Waals surface area (Å²) in [6.45, 7) is 9.06. The highest BCUT2D eigenvalue weighted by Crippen LogP contribution is 2.35. The van der Waals surface area contributed by atoms with Gasteiger partial charge in [0.25, 0.3) is 5.24 Å². The number of ether oxygens (including phenoxy) is 2. The van der Waals surface area contributed by atoms with Gasteiger partial charge in [-0.3, -0.25) is 14.9 Å². The van der Waals surface area contributed by atoms with Crippen LogP contribution in [0.15, 0.2) is 66.7 Å². The first-order valence-corrected chi connectivity index (χ1v) is 14.3. The van der Waals surface area contributed by atoms with Crippen LogP contribution in [0.4, 0.5) is 10.5 Å². The topological polar surface area (TPSA) is 85.7 Å². The molecule has 0 bridgehead atoms. The minimum Gasteiger partial charge on any atom is -0.486 e. The zero-order valence-corrected chi connectivity index (χ0v) is 24.2. The molecule has 2 amide bonds. The van der Waals surface area contributed by atoms with Gasteiger partial charge in [0.15, 0.2) is 5.75 Å². The number of hydrogen-bond donors (Lipinski definition) is 1. The van der Waals surface area contributed by atoms with Gasteiger partial charge in [-0.05, 0) is 76.1 Å². The number of nitrogens with one attached hydrogen (secondary N) is 1. The molecule has 0 radical (unpaired) electrons. The molecule has 2 heterocycles. The summed E-state index contributed by atoms with van der Waals surface area (Å²) in [5.41, 5.74) is 3.85. The quantitative estimate of drug-likeness (QED) is 0.239. The van der Waals surface area contributed by atoms with Crippen molar-refractivity contribution in [3.63, 3.8) is 0 Å². The molecule has 1 aromatic heterocycles. The zero-order valence-electron chi connectivity index (χ0n) is 23.4. The van der Waals surface area contributed by atoms with E-state index in [0.29, 0.717) is 30.9 Å². The van der Waals surface area contributed by atoms with Gasteiger partial charge < -0.3 is 18.9 Å². The number of imidazole rings is 1. The Hall–Kier alpha value is -3.98. The Labute approximate surface area is 238 Å². The lowest BCUT2D eigenvalue weighted by Gasteiger charge is -2.34. The average Bonchev–Trinajstić information content (AvgIpc) is 3.40. The minimum absolute atomic E-state index is 0.233. The van der Waals surface area contributed by atoms with Crippen molar-refractivity contribution in [1.29, 1.82) is 0 Å². The van der Waals surface area contributed by atoms with Crippen LogP contribution >= 0.6 is 11.8 Å². The van der Waals surface area contributed by atoms with E-state index < -0.39 is 0 Å². The van der Waals surface area contributed by atoms with E-state index in [2.05, 4.69) is 44.0 Å². The van der Waals surface area contributed by atoms with Crippen LogP contribution in [0.3, 0.4) is 0 Å². The standard InChI is InChI=1S/C31H34N4O4S/c1-19(2)35(20(3)4)25-8-6-7-9-27(25)39-23-14-15-24-26(17-23)34(5)29(32-24)18-38-22-12-10-21(11-13-22)16-28-30(36)33-31(37)40-28/h6-15,17,19-20,28H,16,18H2,1-5H3,(H,33,36,37). The molecule has 4 aromatic rings. The summed E-state index contributed by atoms with van der Waals surface area (Å²) in [5, 5.41) is 1.65. The third kappa shape index (κ3) is 5.94. The van der Waals surface area contributed by atoms with Gasteiger partial charge in [0.2, 0.25) is 5.91 Å². The van der Waals surface area contributed by atoms with Crippen molar-refractivity contribution in [2.24, 2.45) is 7.05 Å². The molecule has 208 valence electrons. The molecule has 40 heavy (non-hydrogen) atoms. The monoisotopic (exact) mass is 558 g/mol. The second-order valence-electron chi connectivity index (χ2n) is 10.4. The van der Waals surface area contributed by atoms with E-state index in [1.165, 1.54) is 0 Å². The third-order valence-corrected chi connectivity index (χ3v) is 7.89. The first-order chi connectivity index (χ1) is 19.2. The fraction of sp³-hybridized carbons (Fsp3) is 0.323. The number of imide groups is 1. The van der Waals surface area contributed by atoms with Crippen molar-refractivity contribution in [2.45, 2.75) is 58.1 Å². The van der Waals surface area contributed by atoms with Gasteiger partial charge in [0.1, 0.15) is 23.9 Å². The molecule has 9 heteroatoms. The number of aryl methyl sites for hydroxylation is 1. The Morgan fingerprint density at radius 2 is 1.68 bits per heavy atom. The zero-order chi connectivity index (χ0) is 28.4. The number of amides is 2. The smallest absolute Gasteiger partial charge is 0.286 e. The summed E-state index contributed by atoms with van der Waals surface area (Å²) in [6.07, 6.45) is 0.495. The van der Waals surface area contributed by atoms with E-state index in [1.807, 2.05) is 72.3 Å². The van der Waals surface area contributed by atoms with Crippen LogP contribution in [0.1, 0.15) is 39.1 Å². The second kappa shape index (κ2) is 11.6. The van der Waals surface area contributed by atoms with Crippen LogP contribution in [0.25, 0.3) is 11.0 Å². The molecular formula is C31H34N4O4S. The first kappa shape index (κ1) is 27.6. The summed E-state index contributed by atoms with van der Waals surface area (Å²) < 4.78 is 14.4. The fourth-order valence-corrected chi connectivity index (χ4v) is 5.92. The van der Waals surface area contributed by atoms with E-state index in [9.17, 15) is 9.59 Å². The molecule has 1 saturated heterocycles. The van der Waals surface area contributed by atoms with Gasteiger partial charge in [0, 0.05) is 25.2 Å². The molecule has 1 fully saturated rings. The Morgan fingerprint density at radius 1 is 0.975 bits per heavy atom. The van der Waals surface area contributed by atoms with Crippen LogP contribution in [0.2, 0.25) is 0 Å². The van der Waals surface area contributed by atoms with E-state index >= 15 is 0 Å². The first-order valence-electron chi connectivity index (χ1n) is 13.4. The number of para-hydroxylation sites is 2. The maximum atomic E-state index is 11.8. The number of fused-ring (bicyclic) bond motifs is 1. The summed E-state index contributed by atoms with van der Waals surface area (Å²) in [7, 11) is 1.97. The maximum absolute atomic E-state index is 11.8. The van der Waals surface area contributed by atoms with Gasteiger partial charge in [-0.25, -0.2) is 4.98 Å². The van der Waals surface area contributed by atoms with Gasteiger partial charge >= 0.3 is 0 Å². The largest absolute Gasteiger partial charge is 0.486 e. The normalized spacial score (nSPS) is 15.2. The molecular weight excluding hydrogens is 524 g/mol. The lowest BCUT2D eigenvalue weighted by molar-refractivity contribution is -0.118. The van der Waals surface area contributed by atoms with Crippen LogP contribution in [0, 0.1) is 0 Å². The van der Waals surface area contributed by atoms with E-state index in [4.69, 9.17) is 14.5 Å². The van der Waals surface area contributed by atoms with Crippen LogP contribution in [0.5, 0.6) is 17.2 Å². The summed E-state index contributed by atoms with van der Waals surface area (Å²) in [4.78, 5) is 30.3. The molecule has 0 saturated carbocycles. The van der Waals surface area contributed by atoms with Crippen LogP contribution in [-0.2, 0) is 24.9 Å². The highest BCUT2D eigenvalue weighted by molar-refractivity contribution is 8.15. The number of rotatable bonds is 10. The highest BCUT2D eigenvalue weighted by atomic mass is 32.2. The number of carbonyl (C=O) groups excluding carboxylic acids is 2. The Bertz CT molecular complexity index is 1520. The number of nitrogens with zero attached hydrogens (tertiary/aromatic N) is 3. The molecule has 1 unspecified atom stereocenters. The number of hydrogen-bond acceptors (Lipinski definition) is 7. The molecule has 3 aromatic carbocycles. The van der Waals surface area contributed by atoms with Gasteiger partial charge in [-0.15, -0.1) is 0 Å². The Kier molecular flexibility index (Phi) is 8.02. The van der Waals surface area contributed by atoms with Crippen LogP contribution in [-0.4, -0.2) is 38.0 Å². The number of thioether (sulfide) groups is 1. The van der Waals surface area contributed by atoms with Crippen molar-refractivity contribution in [1.82, 2.24) is 14.9 Å². The van der Waals surface area contributed by atoms with Crippen molar-refractivity contribution in [2.75, 3.05) is 4.90 Å². The number of benzene rings is 3. The molecule has 1 aliphatic rings. The average molecular weight is 559 g/mol. The third-order valence-electron chi connectivity index (χ3n) is 6.91. The lowest BCUT2D eigenvalue weighted by Crippen LogP contribution is -2.37. The predicted molar refractivity (Wildman–Crippen MR) is 159 cm³/mol. The molecule has 0 spiro atoms. The summed E-state index contributed by atoms with van der Waals surface area (Å²) in [6, 6.07) is 22.3.